The van der Waals surface area contributed by atoms with Gasteiger partial charge in [0.15, 0.2) is 5.96 Å². The van der Waals surface area contributed by atoms with E-state index in [0.717, 1.165) is 38.5 Å². The van der Waals surface area contributed by atoms with Gasteiger partial charge in [0.2, 0.25) is 0 Å². The van der Waals surface area contributed by atoms with Gasteiger partial charge in [-0.2, -0.15) is 0 Å². The average Bonchev–Trinajstić information content (AvgIpc) is 3.26. The van der Waals surface area contributed by atoms with E-state index in [4.69, 9.17) is 14.1 Å². The molecule has 1 aromatic carbocycles. The van der Waals surface area contributed by atoms with E-state index in [1.807, 2.05) is 37.3 Å². The van der Waals surface area contributed by atoms with Crippen molar-refractivity contribution >= 4 is 5.96 Å². The number of nitrogens with zero attached hydrogens (tertiary/aromatic N) is 2. The first-order valence-electron chi connectivity index (χ1n) is 10.7. The first kappa shape index (κ1) is 22.3. The predicted molar refractivity (Wildman–Crippen MR) is 119 cm³/mol. The first-order valence-corrected chi connectivity index (χ1v) is 10.7. The van der Waals surface area contributed by atoms with Crippen molar-refractivity contribution in [3.05, 3.63) is 60.1 Å². The fraction of sp³-hybridized carbons (Fsp3) is 0.522. The lowest BCUT2D eigenvalue weighted by molar-refractivity contribution is -0.0180. The average molecular weight is 415 g/mol. The molecule has 0 bridgehead atoms. The van der Waals surface area contributed by atoms with Crippen molar-refractivity contribution in [1.29, 1.82) is 0 Å². The molecule has 7 heteroatoms. The van der Waals surface area contributed by atoms with Gasteiger partial charge in [0, 0.05) is 32.6 Å². The summed E-state index contributed by atoms with van der Waals surface area (Å²) in [6.45, 7) is 8.64. The summed E-state index contributed by atoms with van der Waals surface area (Å²) >= 11 is 0. The molecule has 1 aliphatic rings. The molecule has 164 valence electrons. The summed E-state index contributed by atoms with van der Waals surface area (Å²) in [5.41, 5.74) is 0.265. The van der Waals surface area contributed by atoms with Crippen molar-refractivity contribution < 1.29 is 14.3 Å². The monoisotopic (exact) mass is 414 g/mol. The van der Waals surface area contributed by atoms with Crippen LogP contribution in [-0.2, 0) is 11.2 Å². The topological polar surface area (TPSA) is 82.3 Å². The highest BCUT2D eigenvalue weighted by molar-refractivity contribution is 5.80. The van der Waals surface area contributed by atoms with Crippen LogP contribution in [0.5, 0.6) is 0 Å². The Balaban J connectivity index is 1.60. The Bertz CT molecular complexity index is 756. The van der Waals surface area contributed by atoms with Gasteiger partial charge >= 0.3 is 0 Å². The third-order valence-corrected chi connectivity index (χ3v) is 5.14. The number of ether oxygens (including phenoxy) is 1. The minimum Gasteiger partial charge on any atom is -0.469 e. The van der Waals surface area contributed by atoms with Crippen molar-refractivity contribution in [2.75, 3.05) is 45.9 Å². The molecule has 3 N–H and O–H groups in total. The summed E-state index contributed by atoms with van der Waals surface area (Å²) in [6.07, 6.45) is 2.44. The van der Waals surface area contributed by atoms with Crippen LogP contribution in [-0.4, -0.2) is 67.5 Å². The molecule has 3 rings (SSSR count). The molecule has 1 saturated heterocycles. The second-order valence-electron chi connectivity index (χ2n) is 8.08. The lowest BCUT2D eigenvalue weighted by atomic mass is 10.1. The molecule has 0 saturated carbocycles. The summed E-state index contributed by atoms with van der Waals surface area (Å²) in [5, 5.41) is 17.7. The molecule has 1 aromatic heterocycles. The number of benzene rings is 1. The number of nitrogens with one attached hydrogen (secondary N) is 2. The SMILES string of the molecule is CC(NC(=NCC(C)(O)CN1CCOCC1)NCCc1ccco1)c1ccccc1. The van der Waals surface area contributed by atoms with E-state index < -0.39 is 5.60 Å². The summed E-state index contributed by atoms with van der Waals surface area (Å²) in [6, 6.07) is 14.2. The third-order valence-electron chi connectivity index (χ3n) is 5.14. The molecule has 1 fully saturated rings. The Morgan fingerprint density at radius 3 is 2.67 bits per heavy atom. The number of furan rings is 1. The zero-order chi connectivity index (χ0) is 21.2. The molecule has 7 nitrogen and oxygen atoms in total. The van der Waals surface area contributed by atoms with Gasteiger partial charge < -0.3 is 24.9 Å². The maximum atomic E-state index is 10.9. The highest BCUT2D eigenvalue weighted by atomic mass is 16.5. The Morgan fingerprint density at radius 1 is 1.20 bits per heavy atom. The number of morpholine rings is 1. The van der Waals surface area contributed by atoms with E-state index >= 15 is 0 Å². The molecule has 2 aromatic rings. The maximum Gasteiger partial charge on any atom is 0.191 e. The molecular weight excluding hydrogens is 380 g/mol. The Morgan fingerprint density at radius 2 is 1.97 bits per heavy atom. The zero-order valence-corrected chi connectivity index (χ0v) is 18.0. The van der Waals surface area contributed by atoms with Crippen LogP contribution in [0.3, 0.4) is 0 Å². The van der Waals surface area contributed by atoms with Gasteiger partial charge in [-0.25, -0.2) is 0 Å². The minimum absolute atomic E-state index is 0.0882. The molecule has 0 radical (unpaired) electrons. The highest BCUT2D eigenvalue weighted by Crippen LogP contribution is 2.12. The maximum absolute atomic E-state index is 10.9. The molecule has 2 unspecified atom stereocenters. The summed E-state index contributed by atoms with van der Waals surface area (Å²) < 4.78 is 10.8. The molecular formula is C23H34N4O3. The molecule has 2 heterocycles. The van der Waals surface area contributed by atoms with E-state index in [1.54, 1.807) is 6.26 Å². The predicted octanol–water partition coefficient (Wildman–Crippen LogP) is 2.20. The number of hydrogen-bond acceptors (Lipinski definition) is 5. The van der Waals surface area contributed by atoms with Crippen molar-refractivity contribution in [3.8, 4) is 0 Å². The van der Waals surface area contributed by atoms with Crippen molar-refractivity contribution in [3.63, 3.8) is 0 Å². The van der Waals surface area contributed by atoms with Crippen LogP contribution in [0.15, 0.2) is 58.1 Å². The van der Waals surface area contributed by atoms with Gasteiger partial charge in [-0.3, -0.25) is 9.89 Å². The van der Waals surface area contributed by atoms with Crippen molar-refractivity contribution in [2.24, 2.45) is 4.99 Å². The summed E-state index contributed by atoms with van der Waals surface area (Å²) in [5.74, 6) is 1.61. The number of hydrogen-bond donors (Lipinski definition) is 3. The summed E-state index contributed by atoms with van der Waals surface area (Å²) in [7, 11) is 0. The quantitative estimate of drug-likeness (QED) is 0.431. The minimum atomic E-state index is -0.914. The van der Waals surface area contributed by atoms with Crippen LogP contribution in [0, 0.1) is 0 Å². The summed E-state index contributed by atoms with van der Waals surface area (Å²) in [4.78, 5) is 6.93. The van der Waals surface area contributed by atoms with Crippen LogP contribution < -0.4 is 10.6 Å². The number of aliphatic hydroxyl groups is 1. The molecule has 30 heavy (non-hydrogen) atoms. The normalized spacial score (nSPS) is 18.6. The van der Waals surface area contributed by atoms with E-state index in [1.165, 1.54) is 5.56 Å². The molecule has 0 aliphatic carbocycles. The number of aliphatic imine (C=N–C) groups is 1. The molecule has 0 amide bonds. The third kappa shape index (κ3) is 7.48. The lowest BCUT2D eigenvalue weighted by Crippen LogP contribution is -2.48. The number of β-amino-alcohol motifs (C(OH)–C–C–N with tert-alkyl or cyclic N) is 1. The van der Waals surface area contributed by atoms with E-state index in [2.05, 4.69) is 34.6 Å². The van der Waals surface area contributed by atoms with Gasteiger partial charge in [0.05, 0.1) is 37.7 Å². The van der Waals surface area contributed by atoms with Crippen LogP contribution in [0.4, 0.5) is 0 Å². The van der Waals surface area contributed by atoms with Crippen LogP contribution >= 0.6 is 0 Å². The molecule has 0 spiro atoms. The van der Waals surface area contributed by atoms with Gasteiger partial charge in [0.25, 0.3) is 0 Å². The van der Waals surface area contributed by atoms with Gasteiger partial charge in [-0.15, -0.1) is 0 Å². The van der Waals surface area contributed by atoms with Gasteiger partial charge in [-0.05, 0) is 31.5 Å². The Kier molecular flexibility index (Phi) is 8.30. The second-order valence-corrected chi connectivity index (χ2v) is 8.08. The largest absolute Gasteiger partial charge is 0.469 e. The molecule has 1 aliphatic heterocycles. The Labute approximate surface area is 179 Å². The highest BCUT2D eigenvalue weighted by Gasteiger charge is 2.25. The van der Waals surface area contributed by atoms with Crippen molar-refractivity contribution in [2.45, 2.75) is 31.9 Å². The van der Waals surface area contributed by atoms with Crippen LogP contribution in [0.2, 0.25) is 0 Å². The van der Waals surface area contributed by atoms with Gasteiger partial charge in [-0.1, -0.05) is 30.3 Å². The molecule has 2 atom stereocenters. The number of rotatable bonds is 9. The van der Waals surface area contributed by atoms with E-state index in [9.17, 15) is 5.11 Å². The smallest absolute Gasteiger partial charge is 0.191 e. The fourth-order valence-electron chi connectivity index (χ4n) is 3.48. The lowest BCUT2D eigenvalue weighted by Gasteiger charge is -2.33. The number of guanidine groups is 1. The first-order chi connectivity index (χ1) is 14.5. The fourth-order valence-corrected chi connectivity index (χ4v) is 3.48. The van der Waals surface area contributed by atoms with E-state index in [-0.39, 0.29) is 6.04 Å². The van der Waals surface area contributed by atoms with Crippen LogP contribution in [0.1, 0.15) is 31.2 Å². The zero-order valence-electron chi connectivity index (χ0n) is 18.0. The van der Waals surface area contributed by atoms with E-state index in [0.29, 0.717) is 25.6 Å². The standard InChI is InChI=1S/C23H34N4O3/c1-19(20-7-4-3-5-8-20)26-22(24-11-10-21-9-6-14-30-21)25-17-23(2,28)18-27-12-15-29-16-13-27/h3-9,14,19,28H,10-13,15-18H2,1-2H3,(H2,24,25,26). The van der Waals surface area contributed by atoms with Gasteiger partial charge in [0.1, 0.15) is 5.76 Å². The van der Waals surface area contributed by atoms with Crippen LogP contribution in [0.25, 0.3) is 0 Å². The van der Waals surface area contributed by atoms with Crippen molar-refractivity contribution in [1.82, 2.24) is 15.5 Å². The second kappa shape index (κ2) is 11.2. The Hall–Kier alpha value is -2.35.